The van der Waals surface area contributed by atoms with Gasteiger partial charge in [0.05, 0.1) is 26.4 Å². The van der Waals surface area contributed by atoms with Crippen molar-refractivity contribution in [3.63, 3.8) is 0 Å². The number of rotatable bonds is 8. The zero-order valence-corrected chi connectivity index (χ0v) is 19.3. The smallest absolute Gasteiger partial charge is 0.195 e. The lowest BCUT2D eigenvalue weighted by Gasteiger charge is -2.15. The van der Waals surface area contributed by atoms with E-state index in [1.54, 1.807) is 31.4 Å². The van der Waals surface area contributed by atoms with Gasteiger partial charge in [0.2, 0.25) is 0 Å². The molecule has 154 valence electrons. The summed E-state index contributed by atoms with van der Waals surface area (Å²) in [5.74, 6) is 1.89. The number of nitrogens with zero attached hydrogens (tertiary/aromatic N) is 1. The van der Waals surface area contributed by atoms with Gasteiger partial charge in [0.1, 0.15) is 0 Å². The van der Waals surface area contributed by atoms with E-state index in [4.69, 9.17) is 21.1 Å². The standard InChI is InChI=1S/C20H26ClN3O3.HI/c1-4-22-20(23-13-17(25)14-6-8-15(21)9-7-14)24-16-10-11-18(26-3)19(12-16)27-5-2;/h6-12,17,25H,4-5,13H2,1-3H3,(H2,22,23,24);1H. The molecule has 8 heteroatoms. The van der Waals surface area contributed by atoms with Gasteiger partial charge in [-0.2, -0.15) is 0 Å². The number of methoxy groups -OCH3 is 1. The fraction of sp³-hybridized carbons (Fsp3) is 0.350. The maximum Gasteiger partial charge on any atom is 0.195 e. The molecule has 0 aliphatic rings. The minimum absolute atomic E-state index is 0. The molecule has 2 aromatic carbocycles. The number of nitrogens with one attached hydrogen (secondary N) is 2. The van der Waals surface area contributed by atoms with Crippen LogP contribution in [0.4, 0.5) is 5.69 Å². The van der Waals surface area contributed by atoms with Crippen LogP contribution < -0.4 is 20.1 Å². The zero-order chi connectivity index (χ0) is 19.6. The van der Waals surface area contributed by atoms with Crippen molar-refractivity contribution in [1.82, 2.24) is 5.32 Å². The highest BCUT2D eigenvalue weighted by atomic mass is 127. The van der Waals surface area contributed by atoms with Crippen LogP contribution in [0.1, 0.15) is 25.5 Å². The number of aliphatic hydroxyl groups is 1. The molecule has 0 amide bonds. The highest BCUT2D eigenvalue weighted by molar-refractivity contribution is 14.0. The number of hydrogen-bond acceptors (Lipinski definition) is 4. The molecule has 0 bridgehead atoms. The van der Waals surface area contributed by atoms with Gasteiger partial charge in [0.15, 0.2) is 17.5 Å². The number of guanidine groups is 1. The summed E-state index contributed by atoms with van der Waals surface area (Å²) in [4.78, 5) is 4.47. The average Bonchev–Trinajstić information content (AvgIpc) is 2.67. The molecule has 1 unspecified atom stereocenters. The van der Waals surface area contributed by atoms with Gasteiger partial charge < -0.3 is 25.2 Å². The predicted molar refractivity (Wildman–Crippen MR) is 126 cm³/mol. The molecule has 0 saturated heterocycles. The highest BCUT2D eigenvalue weighted by Gasteiger charge is 2.09. The molecule has 0 aromatic heterocycles. The minimum atomic E-state index is -0.715. The molecule has 6 nitrogen and oxygen atoms in total. The Balaban J connectivity index is 0.00000392. The summed E-state index contributed by atoms with van der Waals surface area (Å²) in [7, 11) is 1.61. The van der Waals surface area contributed by atoms with Gasteiger partial charge in [-0.1, -0.05) is 23.7 Å². The molecule has 0 spiro atoms. The number of aliphatic hydroxyl groups excluding tert-OH is 1. The maximum atomic E-state index is 10.3. The SMILES string of the molecule is CCNC(=NCC(O)c1ccc(Cl)cc1)Nc1ccc(OC)c(OCC)c1.I. The van der Waals surface area contributed by atoms with E-state index < -0.39 is 6.10 Å². The quantitative estimate of drug-likeness (QED) is 0.272. The molecule has 3 N–H and O–H groups in total. The van der Waals surface area contributed by atoms with E-state index in [1.165, 1.54) is 0 Å². The van der Waals surface area contributed by atoms with Gasteiger partial charge in [0, 0.05) is 23.3 Å². The number of aliphatic imine (C=N–C) groups is 1. The van der Waals surface area contributed by atoms with E-state index >= 15 is 0 Å². The molecule has 0 saturated carbocycles. The van der Waals surface area contributed by atoms with E-state index in [9.17, 15) is 5.11 Å². The van der Waals surface area contributed by atoms with E-state index in [1.807, 2.05) is 32.0 Å². The lowest BCUT2D eigenvalue weighted by molar-refractivity contribution is 0.187. The second-order valence-electron chi connectivity index (χ2n) is 5.71. The molecule has 2 rings (SSSR count). The molecular weight excluding hydrogens is 493 g/mol. The van der Waals surface area contributed by atoms with Crippen molar-refractivity contribution in [2.75, 3.05) is 32.1 Å². The Hall–Kier alpha value is -1.71. The summed E-state index contributed by atoms with van der Waals surface area (Å²) in [6.45, 7) is 5.35. The van der Waals surface area contributed by atoms with Crippen LogP contribution in [0.25, 0.3) is 0 Å². The largest absolute Gasteiger partial charge is 0.493 e. The first kappa shape index (κ1) is 24.3. The van der Waals surface area contributed by atoms with Crippen LogP contribution in [0, 0.1) is 0 Å². The van der Waals surface area contributed by atoms with Gasteiger partial charge in [-0.25, -0.2) is 4.99 Å². The fourth-order valence-corrected chi connectivity index (χ4v) is 2.56. The van der Waals surface area contributed by atoms with Gasteiger partial charge >= 0.3 is 0 Å². The second kappa shape index (κ2) is 12.7. The highest BCUT2D eigenvalue weighted by Crippen LogP contribution is 2.30. The Morgan fingerprint density at radius 2 is 1.86 bits per heavy atom. The van der Waals surface area contributed by atoms with Gasteiger partial charge in [-0.15, -0.1) is 24.0 Å². The van der Waals surface area contributed by atoms with Crippen LogP contribution in [0.2, 0.25) is 5.02 Å². The van der Waals surface area contributed by atoms with Crippen LogP contribution >= 0.6 is 35.6 Å². The molecule has 0 aliphatic heterocycles. The van der Waals surface area contributed by atoms with E-state index in [-0.39, 0.29) is 30.5 Å². The number of hydrogen-bond donors (Lipinski definition) is 3. The van der Waals surface area contributed by atoms with Crippen molar-refractivity contribution >= 4 is 47.2 Å². The molecule has 28 heavy (non-hydrogen) atoms. The van der Waals surface area contributed by atoms with Gasteiger partial charge in [0.25, 0.3) is 0 Å². The Morgan fingerprint density at radius 1 is 1.14 bits per heavy atom. The Kier molecular flexibility index (Phi) is 11.0. The van der Waals surface area contributed by atoms with Crippen molar-refractivity contribution in [2.24, 2.45) is 4.99 Å². The second-order valence-corrected chi connectivity index (χ2v) is 6.15. The summed E-state index contributed by atoms with van der Waals surface area (Å²) >= 11 is 5.88. The maximum absolute atomic E-state index is 10.3. The molecule has 0 radical (unpaired) electrons. The van der Waals surface area contributed by atoms with Crippen molar-refractivity contribution in [3.05, 3.63) is 53.1 Å². The first-order chi connectivity index (χ1) is 13.1. The third kappa shape index (κ3) is 7.37. The topological polar surface area (TPSA) is 75.1 Å². The fourth-order valence-electron chi connectivity index (χ4n) is 2.43. The van der Waals surface area contributed by atoms with Crippen LogP contribution in [0.5, 0.6) is 11.5 Å². The summed E-state index contributed by atoms with van der Waals surface area (Å²) in [6, 6.07) is 12.6. The lowest BCUT2D eigenvalue weighted by Crippen LogP contribution is -2.31. The van der Waals surface area contributed by atoms with Crippen LogP contribution in [0.15, 0.2) is 47.5 Å². The minimum Gasteiger partial charge on any atom is -0.493 e. The van der Waals surface area contributed by atoms with E-state index in [2.05, 4.69) is 15.6 Å². The summed E-state index contributed by atoms with van der Waals surface area (Å²) in [5, 5.41) is 17.3. The van der Waals surface area contributed by atoms with Gasteiger partial charge in [-0.05, 0) is 43.7 Å². The Morgan fingerprint density at radius 3 is 2.46 bits per heavy atom. The third-order valence-corrected chi connectivity index (χ3v) is 4.00. The van der Waals surface area contributed by atoms with E-state index in [0.29, 0.717) is 35.6 Å². The monoisotopic (exact) mass is 519 g/mol. The first-order valence-corrected chi connectivity index (χ1v) is 9.24. The molecule has 0 heterocycles. The number of anilines is 1. The first-order valence-electron chi connectivity index (χ1n) is 8.87. The predicted octanol–water partition coefficient (Wildman–Crippen LogP) is 4.48. The molecule has 1 atom stereocenters. The Bertz CT molecular complexity index is 757. The van der Waals surface area contributed by atoms with Crippen molar-refractivity contribution < 1.29 is 14.6 Å². The van der Waals surface area contributed by atoms with Crippen molar-refractivity contribution in [2.45, 2.75) is 20.0 Å². The average molecular weight is 520 g/mol. The van der Waals surface area contributed by atoms with E-state index in [0.717, 1.165) is 11.3 Å². The summed E-state index contributed by atoms with van der Waals surface area (Å²) in [6.07, 6.45) is -0.715. The molecule has 0 fully saturated rings. The van der Waals surface area contributed by atoms with Crippen LogP contribution in [0.3, 0.4) is 0 Å². The molecule has 2 aromatic rings. The number of halogens is 2. The third-order valence-electron chi connectivity index (χ3n) is 3.75. The molecular formula is C20H27ClIN3O3. The molecule has 0 aliphatic carbocycles. The normalized spacial score (nSPS) is 12.0. The number of benzene rings is 2. The van der Waals surface area contributed by atoms with Crippen molar-refractivity contribution in [1.29, 1.82) is 0 Å². The Labute approximate surface area is 188 Å². The number of ether oxygens (including phenoxy) is 2. The zero-order valence-electron chi connectivity index (χ0n) is 16.2. The van der Waals surface area contributed by atoms with Crippen molar-refractivity contribution in [3.8, 4) is 11.5 Å². The lowest BCUT2D eigenvalue weighted by atomic mass is 10.1. The summed E-state index contributed by atoms with van der Waals surface area (Å²) in [5.41, 5.74) is 1.57. The van der Waals surface area contributed by atoms with Gasteiger partial charge in [-0.3, -0.25) is 0 Å². The van der Waals surface area contributed by atoms with Crippen LogP contribution in [-0.4, -0.2) is 37.9 Å². The van der Waals surface area contributed by atoms with Crippen LogP contribution in [-0.2, 0) is 0 Å². The summed E-state index contributed by atoms with van der Waals surface area (Å²) < 4.78 is 10.9.